The molecule has 0 aliphatic rings. The molecule has 1 aromatic carbocycles. The average Bonchev–Trinajstić information content (AvgIpc) is 2.32. The Hall–Kier alpha value is -2.36. The topological polar surface area (TPSA) is 68.0 Å². The van der Waals surface area contributed by atoms with Gasteiger partial charge < -0.3 is 11.1 Å². The summed E-state index contributed by atoms with van der Waals surface area (Å²) in [6.45, 7) is 1.84. The van der Waals surface area contributed by atoms with Gasteiger partial charge in [-0.05, 0) is 31.2 Å². The van der Waals surface area contributed by atoms with E-state index in [9.17, 15) is 4.79 Å². The van der Waals surface area contributed by atoms with Crippen LogP contribution in [0.4, 0.5) is 11.4 Å². The van der Waals surface area contributed by atoms with E-state index < -0.39 is 0 Å². The summed E-state index contributed by atoms with van der Waals surface area (Å²) < 4.78 is 0. The van der Waals surface area contributed by atoms with Crippen LogP contribution in [0, 0.1) is 6.92 Å². The van der Waals surface area contributed by atoms with E-state index in [0.29, 0.717) is 16.9 Å². The largest absolute Gasteiger partial charge is 0.398 e. The molecule has 2 aromatic rings. The maximum Gasteiger partial charge on any atom is 0.257 e. The highest BCUT2D eigenvalue weighted by Gasteiger charge is 2.10. The molecule has 0 atom stereocenters. The highest BCUT2D eigenvalue weighted by Crippen LogP contribution is 2.15. The van der Waals surface area contributed by atoms with Crippen LogP contribution in [-0.4, -0.2) is 10.9 Å². The zero-order valence-corrected chi connectivity index (χ0v) is 9.47. The lowest BCUT2D eigenvalue weighted by Crippen LogP contribution is -2.14. The predicted octanol–water partition coefficient (Wildman–Crippen LogP) is 2.22. The van der Waals surface area contributed by atoms with E-state index in [2.05, 4.69) is 10.3 Å². The number of benzene rings is 1. The molecule has 4 heteroatoms. The van der Waals surface area contributed by atoms with Crippen LogP contribution in [0.5, 0.6) is 0 Å². The number of nitrogens with zero attached hydrogens (tertiary/aromatic N) is 1. The van der Waals surface area contributed by atoms with Gasteiger partial charge >= 0.3 is 0 Å². The van der Waals surface area contributed by atoms with E-state index >= 15 is 0 Å². The van der Waals surface area contributed by atoms with Crippen molar-refractivity contribution >= 4 is 17.3 Å². The molecule has 1 amide bonds. The Kier molecular flexibility index (Phi) is 3.05. The molecule has 1 aromatic heterocycles. The van der Waals surface area contributed by atoms with Gasteiger partial charge in [-0.3, -0.25) is 9.78 Å². The predicted molar refractivity (Wildman–Crippen MR) is 67.8 cm³/mol. The number of rotatable bonds is 2. The Balaban J connectivity index is 2.24. The number of hydrogen-bond donors (Lipinski definition) is 2. The van der Waals surface area contributed by atoms with Crippen LogP contribution in [0.25, 0.3) is 0 Å². The quantitative estimate of drug-likeness (QED) is 0.773. The molecule has 0 saturated heterocycles. The van der Waals surface area contributed by atoms with Crippen LogP contribution in [0.3, 0.4) is 0 Å². The van der Waals surface area contributed by atoms with Crippen molar-refractivity contribution < 1.29 is 4.79 Å². The van der Waals surface area contributed by atoms with Crippen LogP contribution in [-0.2, 0) is 0 Å². The molecule has 0 radical (unpaired) electrons. The van der Waals surface area contributed by atoms with E-state index in [4.69, 9.17) is 5.73 Å². The minimum absolute atomic E-state index is 0.223. The number of aryl methyl sites for hydroxylation is 1. The van der Waals surface area contributed by atoms with Gasteiger partial charge in [0.15, 0.2) is 0 Å². The zero-order chi connectivity index (χ0) is 12.3. The molecule has 17 heavy (non-hydrogen) atoms. The van der Waals surface area contributed by atoms with Gasteiger partial charge in [-0.1, -0.05) is 12.1 Å². The van der Waals surface area contributed by atoms with Crippen LogP contribution in [0.2, 0.25) is 0 Å². The molecule has 3 N–H and O–H groups in total. The molecule has 4 nitrogen and oxygen atoms in total. The first kappa shape index (κ1) is 11.1. The third kappa shape index (κ3) is 2.42. The summed E-state index contributed by atoms with van der Waals surface area (Å²) >= 11 is 0. The number of aromatic nitrogens is 1. The summed E-state index contributed by atoms with van der Waals surface area (Å²) in [5.41, 5.74) is 8.14. The van der Waals surface area contributed by atoms with Crippen LogP contribution in [0.15, 0.2) is 42.6 Å². The highest BCUT2D eigenvalue weighted by molar-refractivity contribution is 6.07. The summed E-state index contributed by atoms with van der Waals surface area (Å²) in [4.78, 5) is 16.1. The van der Waals surface area contributed by atoms with Gasteiger partial charge in [-0.25, -0.2) is 0 Å². The second-order valence-electron chi connectivity index (χ2n) is 3.68. The lowest BCUT2D eigenvalue weighted by atomic mass is 10.1. The number of pyridine rings is 1. The van der Waals surface area contributed by atoms with Gasteiger partial charge in [0.05, 0.1) is 16.9 Å². The monoisotopic (exact) mass is 227 g/mol. The Labute approximate surface area is 99.5 Å². The molecule has 0 saturated carbocycles. The summed E-state index contributed by atoms with van der Waals surface area (Å²) in [5, 5.41) is 2.79. The maximum absolute atomic E-state index is 12.0. The van der Waals surface area contributed by atoms with Gasteiger partial charge in [-0.2, -0.15) is 0 Å². The summed E-state index contributed by atoms with van der Waals surface area (Å²) in [6.07, 6.45) is 1.68. The van der Waals surface area contributed by atoms with Crippen molar-refractivity contribution in [1.82, 2.24) is 4.98 Å². The lowest BCUT2D eigenvalue weighted by molar-refractivity contribution is 0.102. The molecule has 0 fully saturated rings. The fraction of sp³-hybridized carbons (Fsp3) is 0.0769. The standard InChI is InChI=1S/C13H13N3O/c1-9-12(7-4-8-15-9)16-13(17)10-5-2-3-6-11(10)14/h2-8H,14H2,1H3,(H,16,17). The van der Waals surface area contributed by atoms with Crippen molar-refractivity contribution in [2.24, 2.45) is 0 Å². The van der Waals surface area contributed by atoms with Crippen molar-refractivity contribution in [3.05, 3.63) is 53.9 Å². The Morgan fingerprint density at radius 1 is 1.24 bits per heavy atom. The van der Waals surface area contributed by atoms with Gasteiger partial charge in [0.2, 0.25) is 0 Å². The molecule has 86 valence electrons. The van der Waals surface area contributed by atoms with E-state index in [0.717, 1.165) is 5.69 Å². The Bertz CT molecular complexity index is 552. The fourth-order valence-corrected chi connectivity index (χ4v) is 1.51. The number of anilines is 2. The summed E-state index contributed by atoms with van der Waals surface area (Å²) in [7, 11) is 0. The molecule has 0 spiro atoms. The van der Waals surface area contributed by atoms with Crippen LogP contribution < -0.4 is 11.1 Å². The average molecular weight is 227 g/mol. The summed E-state index contributed by atoms with van der Waals surface area (Å²) in [5.74, 6) is -0.223. The van der Waals surface area contributed by atoms with Crippen molar-refractivity contribution in [2.45, 2.75) is 6.92 Å². The third-order valence-corrected chi connectivity index (χ3v) is 2.46. The normalized spacial score (nSPS) is 9.94. The molecule has 0 unspecified atom stereocenters. The molecular formula is C13H13N3O. The second kappa shape index (κ2) is 4.65. The first-order valence-electron chi connectivity index (χ1n) is 5.26. The second-order valence-corrected chi connectivity index (χ2v) is 3.68. The van der Waals surface area contributed by atoms with E-state index in [1.54, 1.807) is 42.6 Å². The van der Waals surface area contributed by atoms with E-state index in [-0.39, 0.29) is 5.91 Å². The van der Waals surface area contributed by atoms with Crippen molar-refractivity contribution in [1.29, 1.82) is 0 Å². The molecule has 0 aliphatic heterocycles. The van der Waals surface area contributed by atoms with Gasteiger partial charge in [-0.15, -0.1) is 0 Å². The first-order valence-corrected chi connectivity index (χ1v) is 5.26. The summed E-state index contributed by atoms with van der Waals surface area (Å²) in [6, 6.07) is 10.5. The molecular weight excluding hydrogens is 214 g/mol. The van der Waals surface area contributed by atoms with Crippen molar-refractivity contribution in [3.63, 3.8) is 0 Å². The number of nitrogens with two attached hydrogens (primary N) is 1. The number of para-hydroxylation sites is 1. The van der Waals surface area contributed by atoms with Crippen LogP contribution in [0.1, 0.15) is 16.1 Å². The molecule has 2 rings (SSSR count). The maximum atomic E-state index is 12.0. The van der Waals surface area contributed by atoms with E-state index in [1.807, 2.05) is 6.92 Å². The third-order valence-electron chi connectivity index (χ3n) is 2.46. The Morgan fingerprint density at radius 3 is 2.71 bits per heavy atom. The zero-order valence-electron chi connectivity index (χ0n) is 9.47. The number of nitrogens with one attached hydrogen (secondary N) is 1. The minimum Gasteiger partial charge on any atom is -0.398 e. The van der Waals surface area contributed by atoms with E-state index in [1.165, 1.54) is 0 Å². The number of carbonyl (C=O) groups excluding carboxylic acids is 1. The molecule has 1 heterocycles. The van der Waals surface area contributed by atoms with Crippen LogP contribution >= 0.6 is 0 Å². The molecule has 0 bridgehead atoms. The molecule has 0 aliphatic carbocycles. The van der Waals surface area contributed by atoms with Gasteiger partial charge in [0.1, 0.15) is 0 Å². The number of carbonyl (C=O) groups is 1. The fourth-order valence-electron chi connectivity index (χ4n) is 1.51. The van der Waals surface area contributed by atoms with Gasteiger partial charge in [0.25, 0.3) is 5.91 Å². The SMILES string of the molecule is Cc1ncccc1NC(=O)c1ccccc1N. The number of amides is 1. The smallest absolute Gasteiger partial charge is 0.257 e. The number of hydrogen-bond acceptors (Lipinski definition) is 3. The Morgan fingerprint density at radius 2 is 2.00 bits per heavy atom. The van der Waals surface area contributed by atoms with Crippen molar-refractivity contribution in [3.8, 4) is 0 Å². The lowest BCUT2D eigenvalue weighted by Gasteiger charge is -2.08. The highest BCUT2D eigenvalue weighted by atomic mass is 16.1. The number of nitrogen functional groups attached to an aromatic ring is 1. The first-order chi connectivity index (χ1) is 8.18. The van der Waals surface area contributed by atoms with Gasteiger partial charge in [0, 0.05) is 11.9 Å². The minimum atomic E-state index is -0.223. The van der Waals surface area contributed by atoms with Crippen molar-refractivity contribution in [2.75, 3.05) is 11.1 Å².